The fraction of sp³-hybridized carbons (Fsp3) is 0.125. The topological polar surface area (TPSA) is 76.7 Å². The molecule has 0 aliphatic carbocycles. The van der Waals surface area contributed by atoms with Crippen molar-refractivity contribution in [2.45, 2.75) is 0 Å². The van der Waals surface area contributed by atoms with E-state index in [2.05, 4.69) is 10.9 Å². The largest absolute Gasteiger partial charge is 0.493 e. The lowest BCUT2D eigenvalue weighted by Gasteiger charge is -2.11. The van der Waals surface area contributed by atoms with Gasteiger partial charge >= 0.3 is 0 Å². The molecule has 126 valence electrons. The summed E-state index contributed by atoms with van der Waals surface area (Å²) in [6.45, 7) is 0. The van der Waals surface area contributed by atoms with Crippen molar-refractivity contribution in [2.24, 2.45) is 0 Å². The van der Waals surface area contributed by atoms with Crippen molar-refractivity contribution in [2.75, 3.05) is 14.2 Å². The van der Waals surface area contributed by atoms with Gasteiger partial charge in [0.2, 0.25) is 0 Å². The predicted octanol–water partition coefficient (Wildman–Crippen LogP) is 3.09. The van der Waals surface area contributed by atoms with Gasteiger partial charge in [-0.1, -0.05) is 23.2 Å². The van der Waals surface area contributed by atoms with E-state index >= 15 is 0 Å². The van der Waals surface area contributed by atoms with Gasteiger partial charge in [-0.15, -0.1) is 0 Å². The van der Waals surface area contributed by atoms with Crippen molar-refractivity contribution in [1.29, 1.82) is 0 Å². The first-order valence-corrected chi connectivity index (χ1v) is 7.49. The summed E-state index contributed by atoms with van der Waals surface area (Å²) in [6, 6.07) is 9.05. The van der Waals surface area contributed by atoms with Crippen LogP contribution in [-0.2, 0) is 0 Å². The lowest BCUT2D eigenvalue weighted by molar-refractivity contribution is 0.0846. The molecule has 2 amide bonds. The molecule has 0 atom stereocenters. The molecule has 0 bridgehead atoms. The maximum absolute atomic E-state index is 12.1. The van der Waals surface area contributed by atoms with Crippen LogP contribution in [0.2, 0.25) is 10.0 Å². The van der Waals surface area contributed by atoms with Crippen LogP contribution in [0.3, 0.4) is 0 Å². The highest BCUT2D eigenvalue weighted by molar-refractivity contribution is 6.36. The quantitative estimate of drug-likeness (QED) is 0.813. The van der Waals surface area contributed by atoms with Crippen LogP contribution in [0.4, 0.5) is 0 Å². The minimum Gasteiger partial charge on any atom is -0.493 e. The molecule has 24 heavy (non-hydrogen) atoms. The van der Waals surface area contributed by atoms with Crippen LogP contribution in [0, 0.1) is 0 Å². The highest BCUT2D eigenvalue weighted by Crippen LogP contribution is 2.27. The van der Waals surface area contributed by atoms with Crippen LogP contribution in [0.5, 0.6) is 11.5 Å². The molecule has 2 aromatic carbocycles. The zero-order valence-corrected chi connectivity index (χ0v) is 14.4. The number of hydrogen-bond acceptors (Lipinski definition) is 4. The molecule has 0 aliphatic rings. The van der Waals surface area contributed by atoms with E-state index in [4.69, 9.17) is 32.7 Å². The molecule has 0 heterocycles. The van der Waals surface area contributed by atoms with Gasteiger partial charge in [0.25, 0.3) is 11.8 Å². The predicted molar refractivity (Wildman–Crippen MR) is 90.9 cm³/mol. The van der Waals surface area contributed by atoms with E-state index in [1.807, 2.05) is 0 Å². The Morgan fingerprint density at radius 3 is 2.17 bits per heavy atom. The first-order chi connectivity index (χ1) is 11.5. The van der Waals surface area contributed by atoms with E-state index in [-0.39, 0.29) is 16.1 Å². The molecule has 2 rings (SSSR count). The van der Waals surface area contributed by atoms with Crippen molar-refractivity contribution in [3.63, 3.8) is 0 Å². The molecular formula is C16H14Cl2N2O4. The molecule has 0 aliphatic heterocycles. The zero-order valence-electron chi connectivity index (χ0n) is 12.9. The number of methoxy groups -OCH3 is 2. The third-order valence-electron chi connectivity index (χ3n) is 3.11. The number of ether oxygens (including phenoxy) is 2. The minimum absolute atomic E-state index is 0.181. The lowest BCUT2D eigenvalue weighted by atomic mass is 10.2. The summed E-state index contributed by atoms with van der Waals surface area (Å²) in [7, 11) is 2.96. The SMILES string of the molecule is COc1ccc(C(=O)NNC(=O)c2ccc(Cl)cc2Cl)cc1OC. The van der Waals surface area contributed by atoms with Crippen LogP contribution in [-0.4, -0.2) is 26.0 Å². The third kappa shape index (κ3) is 4.10. The zero-order chi connectivity index (χ0) is 17.7. The van der Waals surface area contributed by atoms with Crippen molar-refractivity contribution < 1.29 is 19.1 Å². The third-order valence-corrected chi connectivity index (χ3v) is 3.66. The fourth-order valence-electron chi connectivity index (χ4n) is 1.90. The van der Waals surface area contributed by atoms with Gasteiger partial charge in [-0.05, 0) is 36.4 Å². The summed E-state index contributed by atoms with van der Waals surface area (Å²) < 4.78 is 10.2. The summed E-state index contributed by atoms with van der Waals surface area (Å²) in [5, 5.41) is 0.589. The summed E-state index contributed by atoms with van der Waals surface area (Å²) in [4.78, 5) is 24.1. The van der Waals surface area contributed by atoms with Gasteiger partial charge in [0.15, 0.2) is 11.5 Å². The number of benzene rings is 2. The fourth-order valence-corrected chi connectivity index (χ4v) is 2.40. The Bertz CT molecular complexity index is 781. The molecule has 0 spiro atoms. The maximum Gasteiger partial charge on any atom is 0.271 e. The molecule has 8 heteroatoms. The smallest absolute Gasteiger partial charge is 0.271 e. The van der Waals surface area contributed by atoms with Gasteiger partial charge in [-0.3, -0.25) is 20.4 Å². The molecule has 0 saturated heterocycles. The number of hydrogen-bond donors (Lipinski definition) is 2. The number of carbonyl (C=O) groups excluding carboxylic acids is 2. The minimum atomic E-state index is -0.564. The highest BCUT2D eigenvalue weighted by atomic mass is 35.5. The number of nitrogens with one attached hydrogen (secondary N) is 2. The molecule has 6 nitrogen and oxygen atoms in total. The number of carbonyl (C=O) groups is 2. The van der Waals surface area contributed by atoms with Crippen LogP contribution < -0.4 is 20.3 Å². The molecule has 0 radical (unpaired) electrons. The Balaban J connectivity index is 2.06. The first-order valence-electron chi connectivity index (χ1n) is 6.74. The Morgan fingerprint density at radius 2 is 1.54 bits per heavy atom. The van der Waals surface area contributed by atoms with E-state index in [0.29, 0.717) is 16.5 Å². The molecular weight excluding hydrogens is 355 g/mol. The number of rotatable bonds is 4. The highest BCUT2D eigenvalue weighted by Gasteiger charge is 2.14. The Hall–Kier alpha value is -2.44. The molecule has 0 fully saturated rings. The average Bonchev–Trinajstić information content (AvgIpc) is 2.58. The van der Waals surface area contributed by atoms with Gasteiger partial charge in [-0.2, -0.15) is 0 Å². The maximum atomic E-state index is 12.1. The van der Waals surface area contributed by atoms with Gasteiger partial charge in [0, 0.05) is 10.6 Å². The summed E-state index contributed by atoms with van der Waals surface area (Å²) in [5.41, 5.74) is 5.06. The van der Waals surface area contributed by atoms with Gasteiger partial charge in [0.1, 0.15) is 0 Å². The average molecular weight is 369 g/mol. The van der Waals surface area contributed by atoms with Gasteiger partial charge < -0.3 is 9.47 Å². The van der Waals surface area contributed by atoms with Gasteiger partial charge in [0.05, 0.1) is 24.8 Å². The summed E-state index contributed by atoms with van der Waals surface area (Å²) in [5.74, 6) is -0.192. The van der Waals surface area contributed by atoms with Crippen molar-refractivity contribution in [3.05, 3.63) is 57.6 Å². The lowest BCUT2D eigenvalue weighted by Crippen LogP contribution is -2.41. The van der Waals surface area contributed by atoms with E-state index < -0.39 is 11.8 Å². The Labute approximate surface area is 148 Å². The van der Waals surface area contributed by atoms with Crippen LogP contribution in [0.15, 0.2) is 36.4 Å². The first kappa shape index (κ1) is 17.9. The van der Waals surface area contributed by atoms with Crippen molar-refractivity contribution in [3.8, 4) is 11.5 Å². The van der Waals surface area contributed by atoms with E-state index in [9.17, 15) is 9.59 Å². The van der Waals surface area contributed by atoms with Crippen LogP contribution in [0.25, 0.3) is 0 Å². The second-order valence-electron chi connectivity index (χ2n) is 4.60. The van der Waals surface area contributed by atoms with Gasteiger partial charge in [-0.25, -0.2) is 0 Å². The number of amides is 2. The summed E-state index contributed by atoms with van der Waals surface area (Å²) >= 11 is 11.7. The Morgan fingerprint density at radius 1 is 0.875 bits per heavy atom. The van der Waals surface area contributed by atoms with E-state index in [1.165, 1.54) is 44.6 Å². The second kappa shape index (κ2) is 7.90. The molecule has 2 N–H and O–H groups in total. The van der Waals surface area contributed by atoms with Crippen LogP contribution in [0.1, 0.15) is 20.7 Å². The molecule has 0 saturated carbocycles. The standard InChI is InChI=1S/C16H14Cl2N2O4/c1-23-13-6-3-9(7-14(13)24-2)15(21)19-20-16(22)11-5-4-10(17)8-12(11)18/h3-8H,1-2H3,(H,19,21)(H,20,22). The molecule has 2 aromatic rings. The second-order valence-corrected chi connectivity index (χ2v) is 5.45. The van der Waals surface area contributed by atoms with Crippen molar-refractivity contribution >= 4 is 35.0 Å². The number of hydrazine groups is 1. The van der Waals surface area contributed by atoms with E-state index in [1.54, 1.807) is 6.07 Å². The Kier molecular flexibility index (Phi) is 5.89. The summed E-state index contributed by atoms with van der Waals surface area (Å²) in [6.07, 6.45) is 0. The molecule has 0 aromatic heterocycles. The monoisotopic (exact) mass is 368 g/mol. The normalized spacial score (nSPS) is 10.0. The van der Waals surface area contributed by atoms with E-state index in [0.717, 1.165) is 0 Å². The van der Waals surface area contributed by atoms with Crippen LogP contribution >= 0.6 is 23.2 Å². The number of halogens is 2. The molecule has 0 unspecified atom stereocenters. The van der Waals surface area contributed by atoms with Crippen molar-refractivity contribution in [1.82, 2.24) is 10.9 Å².